The van der Waals surface area contributed by atoms with Crippen molar-refractivity contribution in [3.63, 3.8) is 0 Å². The van der Waals surface area contributed by atoms with Gasteiger partial charge in [0.15, 0.2) is 5.78 Å². The van der Waals surface area contributed by atoms with Crippen molar-refractivity contribution >= 4 is 33.0 Å². The summed E-state index contributed by atoms with van der Waals surface area (Å²) < 4.78 is 38.5. The van der Waals surface area contributed by atoms with Gasteiger partial charge in [0.2, 0.25) is 0 Å². The Kier molecular flexibility index (Phi) is 4.10. The number of carbonyl (C=O) groups excluding carboxylic acids is 1. The van der Waals surface area contributed by atoms with E-state index in [1.165, 1.54) is 23.5 Å². The van der Waals surface area contributed by atoms with Crippen LogP contribution in [0.25, 0.3) is 0 Å². The number of halogens is 4. The van der Waals surface area contributed by atoms with Crippen molar-refractivity contribution < 1.29 is 18.0 Å². The van der Waals surface area contributed by atoms with E-state index in [1.54, 1.807) is 6.07 Å². The van der Waals surface area contributed by atoms with E-state index in [0.29, 0.717) is 0 Å². The highest BCUT2D eigenvalue weighted by Crippen LogP contribution is 2.30. The zero-order valence-corrected chi connectivity index (χ0v) is 11.9. The van der Waals surface area contributed by atoms with Gasteiger partial charge in [0.25, 0.3) is 0 Å². The van der Waals surface area contributed by atoms with Gasteiger partial charge >= 0.3 is 6.18 Å². The molecule has 0 saturated carbocycles. The normalized spacial score (nSPS) is 11.6. The van der Waals surface area contributed by atoms with E-state index in [4.69, 9.17) is 0 Å². The quantitative estimate of drug-likeness (QED) is 0.717. The first-order valence-electron chi connectivity index (χ1n) is 5.30. The molecule has 0 bridgehead atoms. The Labute approximate surface area is 120 Å². The Morgan fingerprint density at radius 3 is 2.58 bits per heavy atom. The molecule has 1 aromatic heterocycles. The summed E-state index contributed by atoms with van der Waals surface area (Å²) in [6.07, 6.45) is -4.33. The second-order valence-corrected chi connectivity index (χ2v) is 5.73. The molecule has 0 aliphatic carbocycles. The molecular formula is C13H8BrF3OS. The minimum absolute atomic E-state index is 0.0788. The predicted molar refractivity (Wildman–Crippen MR) is 71.5 cm³/mol. The third kappa shape index (κ3) is 3.45. The van der Waals surface area contributed by atoms with E-state index in [1.807, 2.05) is 5.38 Å². The third-order valence-corrected chi connectivity index (χ3v) is 4.45. The monoisotopic (exact) mass is 348 g/mol. The molecule has 100 valence electrons. The highest BCUT2D eigenvalue weighted by atomic mass is 79.9. The molecule has 0 atom stereocenters. The SMILES string of the molecule is O=C(Cc1sccc1Br)c1cccc(C(F)(F)F)c1. The molecule has 6 heteroatoms. The van der Waals surface area contributed by atoms with Crippen LogP contribution in [0.15, 0.2) is 40.2 Å². The summed E-state index contributed by atoms with van der Waals surface area (Å²) in [6, 6.07) is 6.31. The van der Waals surface area contributed by atoms with Crippen LogP contribution in [0.5, 0.6) is 0 Å². The van der Waals surface area contributed by atoms with Crippen molar-refractivity contribution in [3.8, 4) is 0 Å². The molecule has 1 heterocycles. The Bertz CT molecular complexity index is 604. The fraction of sp³-hybridized carbons (Fsp3) is 0.154. The summed E-state index contributed by atoms with van der Waals surface area (Å²) in [6.45, 7) is 0. The smallest absolute Gasteiger partial charge is 0.294 e. The van der Waals surface area contributed by atoms with E-state index >= 15 is 0 Å². The van der Waals surface area contributed by atoms with Crippen LogP contribution in [0.4, 0.5) is 13.2 Å². The van der Waals surface area contributed by atoms with Gasteiger partial charge in [-0.2, -0.15) is 13.2 Å². The number of benzene rings is 1. The molecule has 1 aromatic carbocycles. The number of hydrogen-bond acceptors (Lipinski definition) is 2. The molecule has 0 spiro atoms. The van der Waals surface area contributed by atoms with Gasteiger partial charge < -0.3 is 0 Å². The van der Waals surface area contributed by atoms with E-state index in [-0.39, 0.29) is 17.8 Å². The van der Waals surface area contributed by atoms with Crippen LogP contribution in [0.1, 0.15) is 20.8 Å². The summed E-state index contributed by atoms with van der Waals surface area (Å²) in [7, 11) is 0. The fourth-order valence-electron chi connectivity index (χ4n) is 1.57. The van der Waals surface area contributed by atoms with Crippen LogP contribution < -0.4 is 0 Å². The van der Waals surface area contributed by atoms with Crippen LogP contribution >= 0.6 is 27.3 Å². The summed E-state index contributed by atoms with van der Waals surface area (Å²) in [5, 5.41) is 1.82. The number of thiophene rings is 1. The van der Waals surface area contributed by atoms with Crippen LogP contribution in [-0.2, 0) is 12.6 Å². The molecule has 0 aliphatic rings. The standard InChI is InChI=1S/C13H8BrF3OS/c14-10-4-5-19-12(10)7-11(18)8-2-1-3-9(6-8)13(15,16)17/h1-6H,7H2. The number of Topliss-reactive ketones (excluding diaryl/α,β-unsaturated/α-hetero) is 1. The largest absolute Gasteiger partial charge is 0.416 e. The average Bonchev–Trinajstić information content (AvgIpc) is 2.74. The van der Waals surface area contributed by atoms with Gasteiger partial charge in [-0.05, 0) is 39.5 Å². The van der Waals surface area contributed by atoms with Crippen LogP contribution in [0.2, 0.25) is 0 Å². The third-order valence-electron chi connectivity index (χ3n) is 2.52. The highest BCUT2D eigenvalue weighted by molar-refractivity contribution is 9.10. The molecule has 1 nitrogen and oxygen atoms in total. The number of hydrogen-bond donors (Lipinski definition) is 0. The van der Waals surface area contributed by atoms with Crippen molar-refractivity contribution in [2.45, 2.75) is 12.6 Å². The molecule has 0 fully saturated rings. The van der Waals surface area contributed by atoms with Crippen molar-refractivity contribution in [1.82, 2.24) is 0 Å². The van der Waals surface area contributed by atoms with Crippen molar-refractivity contribution in [2.75, 3.05) is 0 Å². The molecule has 0 unspecified atom stereocenters. The maximum atomic E-state index is 12.6. The van der Waals surface area contributed by atoms with E-state index < -0.39 is 11.7 Å². The summed E-state index contributed by atoms with van der Waals surface area (Å²) >= 11 is 4.68. The number of carbonyl (C=O) groups is 1. The van der Waals surface area contributed by atoms with Crippen molar-refractivity contribution in [1.29, 1.82) is 0 Å². The maximum Gasteiger partial charge on any atom is 0.416 e. The van der Waals surface area contributed by atoms with Gasteiger partial charge in [0.05, 0.1) is 5.56 Å². The van der Waals surface area contributed by atoms with Gasteiger partial charge in [-0.1, -0.05) is 12.1 Å². The highest BCUT2D eigenvalue weighted by Gasteiger charge is 2.30. The van der Waals surface area contributed by atoms with Crippen molar-refractivity contribution in [2.24, 2.45) is 0 Å². The first-order chi connectivity index (χ1) is 8.88. The fourth-order valence-corrected chi connectivity index (χ4v) is 3.06. The second kappa shape index (κ2) is 5.46. The molecule has 0 saturated heterocycles. The Morgan fingerprint density at radius 1 is 1.26 bits per heavy atom. The van der Waals surface area contributed by atoms with Gasteiger partial charge in [0, 0.05) is 21.3 Å². The molecular weight excluding hydrogens is 341 g/mol. The minimum Gasteiger partial charge on any atom is -0.294 e. The Balaban J connectivity index is 2.23. The molecule has 0 aliphatic heterocycles. The van der Waals surface area contributed by atoms with E-state index in [0.717, 1.165) is 21.5 Å². The van der Waals surface area contributed by atoms with Gasteiger partial charge in [-0.15, -0.1) is 11.3 Å². The van der Waals surface area contributed by atoms with Crippen LogP contribution in [0, 0.1) is 0 Å². The first kappa shape index (κ1) is 14.3. The molecule has 0 N–H and O–H groups in total. The topological polar surface area (TPSA) is 17.1 Å². The minimum atomic E-state index is -4.43. The lowest BCUT2D eigenvalue weighted by atomic mass is 10.0. The lowest BCUT2D eigenvalue weighted by Crippen LogP contribution is -2.08. The van der Waals surface area contributed by atoms with Gasteiger partial charge in [0.1, 0.15) is 0 Å². The van der Waals surface area contributed by atoms with E-state index in [9.17, 15) is 18.0 Å². The molecule has 2 aromatic rings. The van der Waals surface area contributed by atoms with Crippen LogP contribution in [0.3, 0.4) is 0 Å². The number of rotatable bonds is 3. The summed E-state index contributed by atoms with van der Waals surface area (Å²) in [5.74, 6) is -0.325. The van der Waals surface area contributed by atoms with E-state index in [2.05, 4.69) is 15.9 Å². The predicted octanol–water partition coefficient (Wildman–Crippen LogP) is 4.95. The molecule has 19 heavy (non-hydrogen) atoms. The van der Waals surface area contributed by atoms with Gasteiger partial charge in [-0.3, -0.25) is 4.79 Å². The lowest BCUT2D eigenvalue weighted by molar-refractivity contribution is -0.137. The molecule has 0 radical (unpaired) electrons. The zero-order chi connectivity index (χ0) is 14.0. The lowest BCUT2D eigenvalue weighted by Gasteiger charge is -2.08. The maximum absolute atomic E-state index is 12.6. The van der Waals surface area contributed by atoms with Gasteiger partial charge in [-0.25, -0.2) is 0 Å². The molecule has 2 rings (SSSR count). The second-order valence-electron chi connectivity index (χ2n) is 3.87. The number of alkyl halides is 3. The molecule has 0 amide bonds. The first-order valence-corrected chi connectivity index (χ1v) is 6.97. The summed E-state index contributed by atoms with van der Waals surface area (Å²) in [5.41, 5.74) is -0.723. The Hall–Kier alpha value is -1.14. The Morgan fingerprint density at radius 2 is 2.00 bits per heavy atom. The number of ketones is 1. The zero-order valence-electron chi connectivity index (χ0n) is 9.50. The summed E-state index contributed by atoms with van der Waals surface area (Å²) in [4.78, 5) is 12.8. The van der Waals surface area contributed by atoms with Crippen LogP contribution in [-0.4, -0.2) is 5.78 Å². The van der Waals surface area contributed by atoms with Crippen molar-refractivity contribution in [3.05, 3.63) is 56.2 Å². The average molecular weight is 349 g/mol.